The van der Waals surface area contributed by atoms with Crippen LogP contribution in [-0.2, 0) is 12.0 Å². The summed E-state index contributed by atoms with van der Waals surface area (Å²) in [7, 11) is 1.63. The monoisotopic (exact) mass is 442 g/mol. The molecule has 2 aromatic rings. The Balaban J connectivity index is 1.62. The molecule has 1 saturated carbocycles. The van der Waals surface area contributed by atoms with Gasteiger partial charge >= 0.3 is 0 Å². The second kappa shape index (κ2) is 9.24. The maximum atomic E-state index is 11.6. The fraction of sp³-hybridized carbons (Fsp3) is 0.364. The minimum atomic E-state index is -0.0765. The molecule has 0 radical (unpaired) electrons. The van der Waals surface area contributed by atoms with Crippen LogP contribution in [0.25, 0.3) is 0 Å². The molecule has 3 rings (SSSR count). The first-order valence-electron chi connectivity index (χ1n) is 9.65. The van der Waals surface area contributed by atoms with Crippen molar-refractivity contribution in [2.75, 3.05) is 20.1 Å². The van der Waals surface area contributed by atoms with E-state index in [-0.39, 0.29) is 11.3 Å². The van der Waals surface area contributed by atoms with Crippen LogP contribution in [0.15, 0.2) is 58.0 Å². The molecule has 0 saturated heterocycles. The van der Waals surface area contributed by atoms with Gasteiger partial charge in [0, 0.05) is 35.6 Å². The number of nitrogens with one attached hydrogen (secondary N) is 3. The summed E-state index contributed by atoms with van der Waals surface area (Å²) in [4.78, 5) is 16.3. The first-order chi connectivity index (χ1) is 13.6. The molecule has 5 nitrogen and oxygen atoms in total. The lowest BCUT2D eigenvalue weighted by molar-refractivity contribution is 0.0963. The van der Waals surface area contributed by atoms with Crippen LogP contribution in [0.3, 0.4) is 0 Å². The molecule has 0 heterocycles. The predicted octanol–water partition coefficient (Wildman–Crippen LogP) is 3.60. The molecule has 6 heteroatoms. The summed E-state index contributed by atoms with van der Waals surface area (Å²) in [5.41, 5.74) is 3.30. The van der Waals surface area contributed by atoms with Gasteiger partial charge in [-0.25, -0.2) is 4.99 Å². The molecule has 1 fully saturated rings. The molecule has 2 aromatic carbocycles. The molecule has 1 amide bonds. The zero-order valence-corrected chi connectivity index (χ0v) is 18.0. The third-order valence-electron chi connectivity index (χ3n) is 5.09. The van der Waals surface area contributed by atoms with Crippen molar-refractivity contribution in [2.45, 2.75) is 31.7 Å². The average Bonchev–Trinajstić information content (AvgIpc) is 3.51. The Kier molecular flexibility index (Phi) is 6.73. The van der Waals surface area contributed by atoms with Gasteiger partial charge in [0.15, 0.2) is 5.96 Å². The number of amides is 1. The molecule has 1 aliphatic carbocycles. The minimum Gasteiger partial charge on any atom is -0.357 e. The average molecular weight is 443 g/mol. The highest BCUT2D eigenvalue weighted by atomic mass is 79.9. The lowest BCUT2D eigenvalue weighted by Gasteiger charge is -2.19. The molecule has 148 valence electrons. The fourth-order valence-corrected chi connectivity index (χ4v) is 3.61. The van der Waals surface area contributed by atoms with Crippen LogP contribution >= 0.6 is 15.9 Å². The van der Waals surface area contributed by atoms with Crippen molar-refractivity contribution < 1.29 is 4.79 Å². The van der Waals surface area contributed by atoms with Gasteiger partial charge in [0.05, 0.1) is 6.54 Å². The minimum absolute atomic E-state index is 0.0765. The van der Waals surface area contributed by atoms with Crippen LogP contribution in [0.2, 0.25) is 0 Å². The van der Waals surface area contributed by atoms with Gasteiger partial charge in [-0.3, -0.25) is 4.79 Å². The van der Waals surface area contributed by atoms with E-state index in [2.05, 4.69) is 63.1 Å². The molecular weight excluding hydrogens is 416 g/mol. The van der Waals surface area contributed by atoms with Crippen molar-refractivity contribution in [3.05, 3.63) is 69.7 Å². The lowest BCUT2D eigenvalue weighted by atomic mass is 9.96. The van der Waals surface area contributed by atoms with Gasteiger partial charge in [0.1, 0.15) is 0 Å². The number of benzene rings is 2. The van der Waals surface area contributed by atoms with Crippen LogP contribution < -0.4 is 16.0 Å². The number of rotatable bonds is 7. The van der Waals surface area contributed by atoms with Gasteiger partial charge < -0.3 is 16.0 Å². The number of carbonyl (C=O) groups is 1. The zero-order valence-electron chi connectivity index (χ0n) is 16.4. The summed E-state index contributed by atoms with van der Waals surface area (Å²) in [6.07, 6.45) is 2.38. The van der Waals surface area contributed by atoms with Gasteiger partial charge in [-0.1, -0.05) is 40.2 Å². The van der Waals surface area contributed by atoms with Crippen LogP contribution in [0.5, 0.6) is 0 Å². The maximum Gasteiger partial charge on any atom is 0.251 e. The van der Waals surface area contributed by atoms with Crippen LogP contribution in [0.4, 0.5) is 0 Å². The number of hydrogen-bond donors (Lipinski definition) is 3. The zero-order chi connectivity index (χ0) is 20.0. The van der Waals surface area contributed by atoms with Crippen molar-refractivity contribution in [1.29, 1.82) is 0 Å². The van der Waals surface area contributed by atoms with Crippen molar-refractivity contribution in [2.24, 2.45) is 4.99 Å². The van der Waals surface area contributed by atoms with Crippen LogP contribution in [0.1, 0.15) is 41.3 Å². The van der Waals surface area contributed by atoms with Crippen molar-refractivity contribution >= 4 is 27.8 Å². The first-order valence-corrected chi connectivity index (χ1v) is 10.4. The van der Waals surface area contributed by atoms with Crippen LogP contribution in [-0.4, -0.2) is 32.0 Å². The van der Waals surface area contributed by atoms with E-state index in [9.17, 15) is 4.79 Å². The molecule has 3 N–H and O–H groups in total. The van der Waals surface area contributed by atoms with Gasteiger partial charge in [-0.2, -0.15) is 0 Å². The fourth-order valence-electron chi connectivity index (χ4n) is 3.21. The summed E-state index contributed by atoms with van der Waals surface area (Å²) in [5, 5.41) is 9.46. The van der Waals surface area contributed by atoms with E-state index in [1.807, 2.05) is 24.3 Å². The number of aliphatic imine (C=N–C) groups is 1. The molecule has 0 unspecified atom stereocenters. The second-order valence-corrected chi connectivity index (χ2v) is 8.03. The number of carbonyl (C=O) groups excluding carboxylic acids is 1. The normalized spacial score (nSPS) is 15.0. The Morgan fingerprint density at radius 1 is 1.14 bits per heavy atom. The molecule has 1 aliphatic rings. The van der Waals surface area contributed by atoms with E-state index < -0.39 is 0 Å². The Hall–Kier alpha value is -2.34. The van der Waals surface area contributed by atoms with E-state index in [0.29, 0.717) is 12.1 Å². The van der Waals surface area contributed by atoms with Gasteiger partial charge in [0.2, 0.25) is 0 Å². The standard InChI is InChI=1S/C22H27BrN4O/c1-3-25-21(26-14-16-7-9-17(10-8-16)20(28)24-2)27-15-22(11-12-22)18-5-4-6-19(23)13-18/h4-10,13H,3,11-12,14-15H2,1-2H3,(H,24,28)(H2,25,26,27). The number of hydrogen-bond acceptors (Lipinski definition) is 2. The predicted molar refractivity (Wildman–Crippen MR) is 118 cm³/mol. The van der Waals surface area contributed by atoms with Crippen molar-refractivity contribution in [3.63, 3.8) is 0 Å². The Morgan fingerprint density at radius 2 is 1.89 bits per heavy atom. The summed E-state index contributed by atoms with van der Waals surface area (Å²) in [6, 6.07) is 16.1. The van der Waals surface area contributed by atoms with E-state index in [1.165, 1.54) is 18.4 Å². The second-order valence-electron chi connectivity index (χ2n) is 7.12. The van der Waals surface area contributed by atoms with Crippen molar-refractivity contribution in [3.8, 4) is 0 Å². The Morgan fingerprint density at radius 3 is 2.50 bits per heavy atom. The van der Waals surface area contributed by atoms with Gasteiger partial charge in [-0.05, 0) is 55.2 Å². The first kappa shape index (κ1) is 20.4. The highest BCUT2D eigenvalue weighted by Crippen LogP contribution is 2.48. The van der Waals surface area contributed by atoms with Gasteiger partial charge in [-0.15, -0.1) is 0 Å². The SMILES string of the molecule is CCNC(=NCc1ccc(C(=O)NC)cc1)NCC1(c2cccc(Br)c2)CC1. The van der Waals surface area contributed by atoms with Gasteiger partial charge in [0.25, 0.3) is 5.91 Å². The molecule has 0 atom stereocenters. The summed E-state index contributed by atoms with van der Waals surface area (Å²) in [6.45, 7) is 4.31. The highest BCUT2D eigenvalue weighted by molar-refractivity contribution is 9.10. The molecule has 0 aromatic heterocycles. The van der Waals surface area contributed by atoms with E-state index >= 15 is 0 Å². The van der Waals surface area contributed by atoms with Crippen molar-refractivity contribution in [1.82, 2.24) is 16.0 Å². The number of nitrogens with zero attached hydrogens (tertiary/aromatic N) is 1. The topological polar surface area (TPSA) is 65.5 Å². The number of halogens is 1. The third-order valence-corrected chi connectivity index (χ3v) is 5.59. The molecule has 0 aliphatic heterocycles. The molecule has 0 bridgehead atoms. The summed E-state index contributed by atoms with van der Waals surface area (Å²) in [5.74, 6) is 0.742. The van der Waals surface area contributed by atoms with E-state index in [4.69, 9.17) is 4.99 Å². The number of guanidine groups is 1. The Labute approximate surface area is 175 Å². The highest BCUT2D eigenvalue weighted by Gasteiger charge is 2.44. The molecule has 0 spiro atoms. The van der Waals surface area contributed by atoms with Crippen LogP contribution in [0, 0.1) is 0 Å². The summed E-state index contributed by atoms with van der Waals surface area (Å²) >= 11 is 3.58. The third kappa shape index (κ3) is 5.13. The summed E-state index contributed by atoms with van der Waals surface area (Å²) < 4.78 is 1.12. The lowest BCUT2D eigenvalue weighted by Crippen LogP contribution is -2.41. The largest absolute Gasteiger partial charge is 0.357 e. The molecular formula is C22H27BrN4O. The maximum absolute atomic E-state index is 11.6. The molecule has 28 heavy (non-hydrogen) atoms. The quantitative estimate of drug-likeness (QED) is 0.453. The van der Waals surface area contributed by atoms with E-state index in [1.54, 1.807) is 7.05 Å². The smallest absolute Gasteiger partial charge is 0.251 e. The van der Waals surface area contributed by atoms with E-state index in [0.717, 1.165) is 29.1 Å². The Bertz CT molecular complexity index is 844.